The van der Waals surface area contributed by atoms with Gasteiger partial charge in [0.05, 0.1) is 24.0 Å². The Morgan fingerprint density at radius 3 is 2.63 bits per heavy atom. The molecular formula is C29H33N3O3. The lowest BCUT2D eigenvalue weighted by molar-refractivity contribution is -0.145. The first kappa shape index (κ1) is 23.3. The fourth-order valence-electron chi connectivity index (χ4n) is 5.59. The molecule has 2 N–H and O–H groups in total. The topological polar surface area (TPSA) is 80.3 Å². The average Bonchev–Trinajstić information content (AvgIpc) is 3.62. The van der Waals surface area contributed by atoms with E-state index in [1.54, 1.807) is 0 Å². The summed E-state index contributed by atoms with van der Waals surface area (Å²) in [5.74, 6) is -0.739. The molecule has 1 fully saturated rings. The van der Waals surface area contributed by atoms with E-state index in [9.17, 15) is 9.59 Å². The second-order valence-electron chi connectivity index (χ2n) is 9.76. The summed E-state index contributed by atoms with van der Waals surface area (Å²) in [4.78, 5) is 29.9. The summed E-state index contributed by atoms with van der Waals surface area (Å²) in [6.07, 6.45) is 5.64. The Morgan fingerprint density at radius 1 is 1.09 bits per heavy atom. The molecule has 1 aromatic heterocycles. The minimum Gasteiger partial charge on any atom is -0.469 e. The van der Waals surface area contributed by atoms with Gasteiger partial charge in [0.15, 0.2) is 0 Å². The Balaban J connectivity index is 1.32. The van der Waals surface area contributed by atoms with Crippen LogP contribution in [0.25, 0.3) is 10.9 Å². The predicted octanol–water partition coefficient (Wildman–Crippen LogP) is 4.58. The third kappa shape index (κ3) is 4.49. The summed E-state index contributed by atoms with van der Waals surface area (Å²) in [7, 11) is 1.38. The highest BCUT2D eigenvalue weighted by Crippen LogP contribution is 2.55. The number of anilines is 1. The number of amides is 1. The lowest BCUT2D eigenvalue weighted by atomic mass is 9.89. The Morgan fingerprint density at radius 2 is 1.86 bits per heavy atom. The number of carbonyl (C=O) groups excluding carboxylic acids is 2. The minimum atomic E-state index is -0.701. The standard InChI is InChI=1S/C29H33N3O3/c1-3-30-28(34)29(17-24(29)27(33)35-2)16-19-12-14-20(15-13-19)31-18-23-21-8-4-6-10-25(21)32-26-11-7-5-9-22(23)26/h4,6,8,10,12-15,24,31H,3,5,7,9,11,16-18H2,1-2H3,(H,30,34)/t24-,29+/m1/s1. The van der Waals surface area contributed by atoms with E-state index in [4.69, 9.17) is 9.72 Å². The van der Waals surface area contributed by atoms with Crippen LogP contribution in [0.15, 0.2) is 48.5 Å². The van der Waals surface area contributed by atoms with Crippen LogP contribution in [-0.2, 0) is 40.1 Å². The van der Waals surface area contributed by atoms with Crippen molar-refractivity contribution in [2.45, 2.75) is 52.0 Å². The molecule has 1 amide bonds. The fourth-order valence-corrected chi connectivity index (χ4v) is 5.59. The summed E-state index contributed by atoms with van der Waals surface area (Å²) in [5.41, 5.74) is 6.45. The third-order valence-electron chi connectivity index (χ3n) is 7.58. The monoisotopic (exact) mass is 471 g/mol. The van der Waals surface area contributed by atoms with E-state index in [0.717, 1.165) is 36.2 Å². The zero-order valence-electron chi connectivity index (χ0n) is 20.5. The highest BCUT2D eigenvalue weighted by molar-refractivity contribution is 5.94. The highest BCUT2D eigenvalue weighted by Gasteiger charge is 2.63. The summed E-state index contributed by atoms with van der Waals surface area (Å²) in [5, 5.41) is 7.74. The number of fused-ring (bicyclic) bond motifs is 2. The molecule has 1 saturated carbocycles. The quantitative estimate of drug-likeness (QED) is 0.470. The maximum Gasteiger partial charge on any atom is 0.309 e. The van der Waals surface area contributed by atoms with Gasteiger partial charge in [-0.1, -0.05) is 30.3 Å². The number of carbonyl (C=O) groups is 2. The fraction of sp³-hybridized carbons (Fsp3) is 0.414. The van der Waals surface area contributed by atoms with Gasteiger partial charge in [-0.3, -0.25) is 14.6 Å². The molecule has 2 aliphatic rings. The number of nitrogens with zero attached hydrogens (tertiary/aromatic N) is 1. The number of aryl methyl sites for hydroxylation is 1. The van der Waals surface area contributed by atoms with E-state index in [1.165, 1.54) is 42.2 Å². The van der Waals surface area contributed by atoms with Crippen molar-refractivity contribution < 1.29 is 14.3 Å². The minimum absolute atomic E-state index is 0.0630. The van der Waals surface area contributed by atoms with E-state index >= 15 is 0 Å². The van der Waals surface area contributed by atoms with Gasteiger partial charge in [-0.2, -0.15) is 0 Å². The number of hydrogen-bond acceptors (Lipinski definition) is 5. The van der Waals surface area contributed by atoms with Gasteiger partial charge in [-0.15, -0.1) is 0 Å². The first-order valence-corrected chi connectivity index (χ1v) is 12.6. The van der Waals surface area contributed by atoms with Crippen LogP contribution in [-0.4, -0.2) is 30.5 Å². The second kappa shape index (κ2) is 9.68. The molecule has 5 rings (SSSR count). The van der Waals surface area contributed by atoms with Crippen molar-refractivity contribution in [1.82, 2.24) is 10.3 Å². The molecule has 2 aromatic carbocycles. The molecule has 3 aromatic rings. The van der Waals surface area contributed by atoms with Crippen molar-refractivity contribution in [2.75, 3.05) is 19.0 Å². The van der Waals surface area contributed by atoms with Gasteiger partial charge in [0.1, 0.15) is 0 Å². The molecule has 0 radical (unpaired) electrons. The molecule has 6 heteroatoms. The Bertz CT molecular complexity index is 1250. The van der Waals surface area contributed by atoms with Crippen LogP contribution >= 0.6 is 0 Å². The SMILES string of the molecule is CCNC(=O)[C@@]1(Cc2ccc(NCc3c4c(nc5ccccc35)CCCC4)cc2)C[C@@H]1C(=O)OC. The van der Waals surface area contributed by atoms with E-state index < -0.39 is 5.41 Å². The number of hydrogen-bond donors (Lipinski definition) is 2. The maximum atomic E-state index is 12.8. The summed E-state index contributed by atoms with van der Waals surface area (Å²) < 4.78 is 4.93. The van der Waals surface area contributed by atoms with Crippen LogP contribution in [0.4, 0.5) is 5.69 Å². The Labute approximate surface area is 206 Å². The number of nitrogens with one attached hydrogen (secondary N) is 2. The summed E-state index contributed by atoms with van der Waals surface area (Å²) in [6.45, 7) is 3.19. The summed E-state index contributed by atoms with van der Waals surface area (Å²) in [6, 6.07) is 16.6. The number of para-hydroxylation sites is 1. The maximum absolute atomic E-state index is 12.8. The van der Waals surface area contributed by atoms with E-state index in [0.29, 0.717) is 19.4 Å². The van der Waals surface area contributed by atoms with Gasteiger partial charge in [0, 0.05) is 29.9 Å². The molecule has 2 atom stereocenters. The number of ether oxygens (including phenoxy) is 1. The van der Waals surface area contributed by atoms with Gasteiger partial charge >= 0.3 is 5.97 Å². The van der Waals surface area contributed by atoms with Crippen LogP contribution < -0.4 is 10.6 Å². The van der Waals surface area contributed by atoms with Gasteiger partial charge < -0.3 is 15.4 Å². The first-order valence-electron chi connectivity index (χ1n) is 12.6. The zero-order chi connectivity index (χ0) is 24.4. The number of pyridine rings is 1. The lowest BCUT2D eigenvalue weighted by Gasteiger charge is -2.21. The van der Waals surface area contributed by atoms with Crippen molar-refractivity contribution >= 4 is 28.5 Å². The number of aromatic nitrogens is 1. The normalized spacial score (nSPS) is 20.7. The van der Waals surface area contributed by atoms with Crippen molar-refractivity contribution in [1.29, 1.82) is 0 Å². The average molecular weight is 472 g/mol. The first-order chi connectivity index (χ1) is 17.1. The lowest BCUT2D eigenvalue weighted by Crippen LogP contribution is -2.35. The van der Waals surface area contributed by atoms with Crippen LogP contribution in [0.1, 0.15) is 48.6 Å². The third-order valence-corrected chi connectivity index (χ3v) is 7.58. The van der Waals surface area contributed by atoms with Crippen molar-refractivity contribution in [3.63, 3.8) is 0 Å². The van der Waals surface area contributed by atoms with Gasteiger partial charge in [-0.25, -0.2) is 0 Å². The smallest absolute Gasteiger partial charge is 0.309 e. The molecule has 6 nitrogen and oxygen atoms in total. The predicted molar refractivity (Wildman–Crippen MR) is 137 cm³/mol. The Hall–Kier alpha value is -3.41. The van der Waals surface area contributed by atoms with Gasteiger partial charge in [0.25, 0.3) is 0 Å². The Kier molecular flexibility index (Phi) is 6.46. The van der Waals surface area contributed by atoms with Gasteiger partial charge in [-0.05, 0) is 80.3 Å². The van der Waals surface area contributed by atoms with E-state index in [-0.39, 0.29) is 17.8 Å². The second-order valence-corrected chi connectivity index (χ2v) is 9.76. The molecule has 182 valence electrons. The van der Waals surface area contributed by atoms with Crippen LogP contribution in [0.2, 0.25) is 0 Å². The van der Waals surface area contributed by atoms with Gasteiger partial charge in [0.2, 0.25) is 5.91 Å². The van der Waals surface area contributed by atoms with E-state index in [1.807, 2.05) is 6.92 Å². The van der Waals surface area contributed by atoms with Crippen LogP contribution in [0.5, 0.6) is 0 Å². The van der Waals surface area contributed by atoms with E-state index in [2.05, 4.69) is 59.2 Å². The summed E-state index contributed by atoms with van der Waals surface area (Å²) >= 11 is 0. The molecule has 0 saturated heterocycles. The molecule has 35 heavy (non-hydrogen) atoms. The van der Waals surface area contributed by atoms with Crippen molar-refractivity contribution in [3.05, 3.63) is 70.9 Å². The molecule has 0 aliphatic heterocycles. The van der Waals surface area contributed by atoms with Crippen LogP contribution in [0.3, 0.4) is 0 Å². The number of methoxy groups -OCH3 is 1. The number of rotatable bonds is 8. The molecule has 1 heterocycles. The molecule has 0 unspecified atom stereocenters. The molecule has 0 bridgehead atoms. The highest BCUT2D eigenvalue weighted by atomic mass is 16.5. The largest absolute Gasteiger partial charge is 0.469 e. The number of benzene rings is 2. The molecule has 2 aliphatic carbocycles. The molecular weight excluding hydrogens is 438 g/mol. The zero-order valence-corrected chi connectivity index (χ0v) is 20.5. The van der Waals surface area contributed by atoms with Crippen molar-refractivity contribution in [3.8, 4) is 0 Å². The number of esters is 1. The van der Waals surface area contributed by atoms with Crippen LogP contribution in [0, 0.1) is 11.3 Å². The van der Waals surface area contributed by atoms with Crippen molar-refractivity contribution in [2.24, 2.45) is 11.3 Å². The molecule has 0 spiro atoms.